The summed E-state index contributed by atoms with van der Waals surface area (Å²) in [6, 6.07) is 15.4. The third-order valence-electron chi connectivity index (χ3n) is 6.58. The lowest BCUT2D eigenvalue weighted by Crippen LogP contribution is -2.32. The molecular weight excluding hydrogens is 396 g/mol. The Morgan fingerprint density at radius 3 is 2.53 bits per heavy atom. The number of amides is 1. The summed E-state index contributed by atoms with van der Waals surface area (Å²) < 4.78 is 29.0. The molecule has 0 radical (unpaired) electrons. The van der Waals surface area contributed by atoms with Gasteiger partial charge >= 0.3 is 0 Å². The molecule has 2 aliphatic rings. The number of carbonyl (C=O) groups is 1. The first-order chi connectivity index (χ1) is 14.5. The van der Waals surface area contributed by atoms with E-state index in [4.69, 9.17) is 0 Å². The second-order valence-electron chi connectivity index (χ2n) is 8.48. The lowest BCUT2D eigenvalue weighted by Gasteiger charge is -2.31. The molecule has 0 aromatic heterocycles. The Morgan fingerprint density at radius 2 is 1.83 bits per heavy atom. The van der Waals surface area contributed by atoms with Gasteiger partial charge in [0.25, 0.3) is 0 Å². The van der Waals surface area contributed by atoms with E-state index in [1.54, 1.807) is 23.1 Å². The molecule has 30 heavy (non-hydrogen) atoms. The summed E-state index contributed by atoms with van der Waals surface area (Å²) in [6.07, 6.45) is 6.71. The zero-order valence-electron chi connectivity index (χ0n) is 17.5. The van der Waals surface area contributed by atoms with Crippen molar-refractivity contribution in [2.24, 2.45) is 5.92 Å². The Labute approximate surface area is 179 Å². The molecule has 0 spiro atoms. The highest BCUT2D eigenvalue weighted by Crippen LogP contribution is 2.36. The molecule has 1 heterocycles. The Bertz CT molecular complexity index is 998. The van der Waals surface area contributed by atoms with E-state index < -0.39 is 10.0 Å². The van der Waals surface area contributed by atoms with Crippen molar-refractivity contribution < 1.29 is 13.2 Å². The van der Waals surface area contributed by atoms with Gasteiger partial charge in [-0.2, -0.15) is 0 Å². The van der Waals surface area contributed by atoms with Gasteiger partial charge in [0.05, 0.1) is 4.90 Å². The number of rotatable bonds is 6. The molecule has 1 amide bonds. The van der Waals surface area contributed by atoms with Crippen LogP contribution in [0.4, 0.5) is 5.69 Å². The topological polar surface area (TPSA) is 66.5 Å². The van der Waals surface area contributed by atoms with Crippen LogP contribution in [0.25, 0.3) is 0 Å². The molecule has 1 N–H and O–H groups in total. The highest BCUT2D eigenvalue weighted by Gasteiger charge is 2.28. The molecule has 160 valence electrons. The molecule has 0 bridgehead atoms. The van der Waals surface area contributed by atoms with Gasteiger partial charge in [0.1, 0.15) is 0 Å². The van der Waals surface area contributed by atoms with Crippen LogP contribution in [0.3, 0.4) is 0 Å². The number of hydrogen-bond acceptors (Lipinski definition) is 3. The van der Waals surface area contributed by atoms with Crippen LogP contribution in [-0.4, -0.2) is 27.4 Å². The molecule has 2 aromatic carbocycles. The minimum atomic E-state index is -3.61. The molecule has 1 atom stereocenters. The van der Waals surface area contributed by atoms with Crippen LogP contribution in [0.2, 0.25) is 0 Å². The fourth-order valence-electron chi connectivity index (χ4n) is 4.95. The summed E-state index contributed by atoms with van der Waals surface area (Å²) in [5, 5.41) is 0. The van der Waals surface area contributed by atoms with Gasteiger partial charge in [-0.1, -0.05) is 49.6 Å². The number of fused-ring (bicyclic) bond motifs is 1. The van der Waals surface area contributed by atoms with E-state index in [1.165, 1.54) is 31.7 Å². The van der Waals surface area contributed by atoms with E-state index in [2.05, 4.69) is 16.9 Å². The number of nitrogens with one attached hydrogen (secondary N) is 1. The summed E-state index contributed by atoms with van der Waals surface area (Å²) in [4.78, 5) is 13.7. The van der Waals surface area contributed by atoms with E-state index >= 15 is 0 Å². The first-order valence-corrected chi connectivity index (χ1v) is 12.4. The first kappa shape index (κ1) is 21.1. The number of carbonyl (C=O) groups excluding carboxylic acids is 1. The minimum absolute atomic E-state index is 0.0133. The van der Waals surface area contributed by atoms with Gasteiger partial charge in [-0.25, -0.2) is 13.1 Å². The van der Waals surface area contributed by atoms with Crippen LogP contribution in [0.1, 0.15) is 56.1 Å². The predicted molar refractivity (Wildman–Crippen MR) is 119 cm³/mol. The molecule has 0 unspecified atom stereocenters. The fourth-order valence-corrected chi connectivity index (χ4v) is 6.06. The summed E-state index contributed by atoms with van der Waals surface area (Å²) in [6.45, 7) is 2.56. The average Bonchev–Trinajstić information content (AvgIpc) is 3.19. The monoisotopic (exact) mass is 426 g/mol. The lowest BCUT2D eigenvalue weighted by atomic mass is 9.77. The van der Waals surface area contributed by atoms with Gasteiger partial charge in [-0.15, -0.1) is 0 Å². The third-order valence-corrected chi connectivity index (χ3v) is 8.00. The van der Waals surface area contributed by atoms with Crippen molar-refractivity contribution in [3.05, 3.63) is 59.7 Å². The van der Waals surface area contributed by atoms with Crippen LogP contribution in [0, 0.1) is 5.92 Å². The molecule has 1 saturated carbocycles. The van der Waals surface area contributed by atoms with E-state index in [-0.39, 0.29) is 16.7 Å². The predicted octanol–water partition coefficient (Wildman–Crippen LogP) is 4.24. The van der Waals surface area contributed by atoms with Gasteiger partial charge in [0.15, 0.2) is 0 Å². The van der Waals surface area contributed by atoms with Crippen molar-refractivity contribution in [1.82, 2.24) is 4.72 Å². The van der Waals surface area contributed by atoms with Crippen LogP contribution in [0.5, 0.6) is 0 Å². The van der Waals surface area contributed by atoms with Crippen molar-refractivity contribution in [2.75, 3.05) is 18.0 Å². The maximum absolute atomic E-state index is 13.1. The Balaban J connectivity index is 1.53. The first-order valence-electron chi connectivity index (χ1n) is 10.9. The molecular formula is C24H30N2O3S. The second kappa shape index (κ2) is 8.90. The zero-order valence-corrected chi connectivity index (χ0v) is 18.3. The molecule has 4 rings (SSSR count). The molecule has 6 heteroatoms. The standard InChI is InChI=1S/C24H30N2O3S/c1-18(27)26-15-14-21-16-22(12-13-24(21)26)30(28,29)25-17-23(19-8-4-2-5-9-19)20-10-6-3-7-11-20/h2,4-5,8-9,12-13,16,20,23,25H,3,6-7,10-11,14-15,17H2,1H3/t23-/m1/s1. The van der Waals surface area contributed by atoms with E-state index in [0.29, 0.717) is 25.4 Å². The number of sulfonamides is 1. The van der Waals surface area contributed by atoms with Gasteiger partial charge in [0, 0.05) is 31.6 Å². The van der Waals surface area contributed by atoms with Crippen molar-refractivity contribution in [3.8, 4) is 0 Å². The van der Waals surface area contributed by atoms with Gasteiger partial charge in [-0.05, 0) is 54.5 Å². The quantitative estimate of drug-likeness (QED) is 0.751. The van der Waals surface area contributed by atoms with E-state index in [9.17, 15) is 13.2 Å². The smallest absolute Gasteiger partial charge is 0.240 e. The highest BCUT2D eigenvalue weighted by molar-refractivity contribution is 7.89. The minimum Gasteiger partial charge on any atom is -0.312 e. The summed E-state index contributed by atoms with van der Waals surface area (Å²) >= 11 is 0. The number of hydrogen-bond donors (Lipinski definition) is 1. The van der Waals surface area contributed by atoms with E-state index in [0.717, 1.165) is 24.1 Å². The van der Waals surface area contributed by atoms with Crippen molar-refractivity contribution >= 4 is 21.6 Å². The largest absolute Gasteiger partial charge is 0.312 e. The normalized spacial score (nSPS) is 18.2. The van der Waals surface area contributed by atoms with Gasteiger partial charge in [0.2, 0.25) is 15.9 Å². The third kappa shape index (κ3) is 4.44. The summed E-state index contributed by atoms with van der Waals surface area (Å²) in [5.41, 5.74) is 2.95. The number of anilines is 1. The van der Waals surface area contributed by atoms with E-state index in [1.807, 2.05) is 18.2 Å². The summed E-state index contributed by atoms with van der Waals surface area (Å²) in [7, 11) is -3.61. The van der Waals surface area contributed by atoms with Crippen LogP contribution < -0.4 is 9.62 Å². The Morgan fingerprint density at radius 1 is 1.10 bits per heavy atom. The Hall–Kier alpha value is -2.18. The number of nitrogens with zero attached hydrogens (tertiary/aromatic N) is 1. The van der Waals surface area contributed by atoms with Crippen molar-refractivity contribution in [3.63, 3.8) is 0 Å². The molecule has 1 aliphatic carbocycles. The number of benzene rings is 2. The van der Waals surface area contributed by atoms with Crippen molar-refractivity contribution in [2.45, 2.75) is 56.3 Å². The summed E-state index contributed by atoms with van der Waals surface area (Å²) in [5.74, 6) is 0.678. The molecule has 0 saturated heterocycles. The van der Waals surface area contributed by atoms with Crippen LogP contribution >= 0.6 is 0 Å². The van der Waals surface area contributed by atoms with Gasteiger partial charge < -0.3 is 4.90 Å². The van der Waals surface area contributed by atoms with Crippen molar-refractivity contribution in [1.29, 1.82) is 0 Å². The van der Waals surface area contributed by atoms with Crippen LogP contribution in [-0.2, 0) is 21.2 Å². The maximum Gasteiger partial charge on any atom is 0.240 e. The molecule has 1 aliphatic heterocycles. The fraction of sp³-hybridized carbons (Fsp3) is 0.458. The lowest BCUT2D eigenvalue weighted by molar-refractivity contribution is -0.116. The van der Waals surface area contributed by atoms with Crippen LogP contribution in [0.15, 0.2) is 53.4 Å². The average molecular weight is 427 g/mol. The maximum atomic E-state index is 13.1. The highest BCUT2D eigenvalue weighted by atomic mass is 32.2. The molecule has 2 aromatic rings. The van der Waals surface area contributed by atoms with Gasteiger partial charge in [-0.3, -0.25) is 4.79 Å². The SMILES string of the molecule is CC(=O)N1CCc2cc(S(=O)(=O)NC[C@H](c3ccccc3)C3CCCCC3)ccc21. The molecule has 1 fully saturated rings. The zero-order chi connectivity index (χ0) is 21.1. The Kier molecular flexibility index (Phi) is 6.25. The second-order valence-corrected chi connectivity index (χ2v) is 10.2. The molecule has 5 nitrogen and oxygen atoms in total.